The topological polar surface area (TPSA) is 66.5 Å². The van der Waals surface area contributed by atoms with Crippen molar-refractivity contribution in [3.63, 3.8) is 0 Å². The Labute approximate surface area is 176 Å². The molecule has 150 valence electrons. The van der Waals surface area contributed by atoms with Crippen molar-refractivity contribution in [1.29, 1.82) is 0 Å². The molecule has 1 aromatic heterocycles. The average Bonchev–Trinajstić information content (AvgIpc) is 3.33. The fourth-order valence-corrected chi connectivity index (χ4v) is 5.76. The Morgan fingerprint density at radius 2 is 1.90 bits per heavy atom. The van der Waals surface area contributed by atoms with Crippen LogP contribution < -0.4 is 9.62 Å². The third-order valence-electron chi connectivity index (χ3n) is 4.66. The smallest absolute Gasteiger partial charge is 0.258 e. The second kappa shape index (κ2) is 7.87. The average molecular weight is 451 g/mol. The molecule has 0 unspecified atom stereocenters. The van der Waals surface area contributed by atoms with Crippen LogP contribution in [0.4, 0.5) is 10.1 Å². The van der Waals surface area contributed by atoms with Gasteiger partial charge in [0.15, 0.2) is 0 Å². The van der Waals surface area contributed by atoms with Crippen molar-refractivity contribution in [3.05, 3.63) is 81.4 Å². The fourth-order valence-electron chi connectivity index (χ4n) is 3.22. The van der Waals surface area contributed by atoms with Crippen molar-refractivity contribution >= 4 is 44.6 Å². The van der Waals surface area contributed by atoms with Crippen LogP contribution in [0.5, 0.6) is 0 Å². The molecule has 2 heterocycles. The molecule has 0 spiro atoms. The number of hydrogen-bond acceptors (Lipinski definition) is 4. The zero-order valence-corrected chi connectivity index (χ0v) is 17.5. The molecular formula is C20H16ClFN2O3S2. The minimum Gasteiger partial charge on any atom is -0.308 e. The summed E-state index contributed by atoms with van der Waals surface area (Å²) >= 11 is 6.81. The lowest BCUT2D eigenvalue weighted by Gasteiger charge is -2.17. The number of carbonyl (C=O) groups excluding carboxylic acids is 1. The van der Waals surface area contributed by atoms with Gasteiger partial charge in [0, 0.05) is 24.3 Å². The molecule has 29 heavy (non-hydrogen) atoms. The van der Waals surface area contributed by atoms with Crippen LogP contribution in [0.2, 0.25) is 4.34 Å². The molecule has 9 heteroatoms. The first-order valence-corrected chi connectivity index (χ1v) is 11.5. The summed E-state index contributed by atoms with van der Waals surface area (Å²) in [6.45, 7) is 0.658. The van der Waals surface area contributed by atoms with Crippen LogP contribution in [-0.4, -0.2) is 20.9 Å². The fraction of sp³-hybridized carbons (Fsp3) is 0.150. The molecule has 0 aliphatic carbocycles. The van der Waals surface area contributed by atoms with Crippen LogP contribution in [0, 0.1) is 5.82 Å². The predicted molar refractivity (Wildman–Crippen MR) is 112 cm³/mol. The Bertz CT molecular complexity index is 1180. The summed E-state index contributed by atoms with van der Waals surface area (Å²) in [5.41, 5.74) is 2.98. The number of carbonyl (C=O) groups is 1. The second-order valence-corrected chi connectivity index (χ2v) is 10.3. The second-order valence-electron chi connectivity index (χ2n) is 6.56. The quantitative estimate of drug-likeness (QED) is 0.632. The highest BCUT2D eigenvalue weighted by Crippen LogP contribution is 2.31. The summed E-state index contributed by atoms with van der Waals surface area (Å²) in [7, 11) is -3.63. The normalized spacial score (nSPS) is 13.5. The van der Waals surface area contributed by atoms with Crippen LogP contribution in [0.3, 0.4) is 0 Å². The molecule has 0 bridgehead atoms. The van der Waals surface area contributed by atoms with Gasteiger partial charge in [-0.3, -0.25) is 4.79 Å². The van der Waals surface area contributed by atoms with E-state index in [1.807, 2.05) is 12.1 Å². The molecule has 1 amide bonds. The lowest BCUT2D eigenvalue weighted by Crippen LogP contribution is -2.28. The van der Waals surface area contributed by atoms with Crippen molar-refractivity contribution in [2.45, 2.75) is 17.2 Å². The van der Waals surface area contributed by atoms with Crippen molar-refractivity contribution in [1.82, 2.24) is 4.72 Å². The third-order valence-corrected chi connectivity index (χ3v) is 7.78. The molecule has 0 atom stereocenters. The number of amides is 1. The van der Waals surface area contributed by atoms with Crippen molar-refractivity contribution in [2.75, 3.05) is 11.4 Å². The molecule has 2 aromatic carbocycles. The first kappa shape index (κ1) is 20.0. The minimum absolute atomic E-state index is 0.136. The van der Waals surface area contributed by atoms with E-state index in [2.05, 4.69) is 4.72 Å². The number of nitrogens with one attached hydrogen (secondary N) is 1. The summed E-state index contributed by atoms with van der Waals surface area (Å²) in [5, 5.41) is 0. The van der Waals surface area contributed by atoms with Gasteiger partial charge in [0.25, 0.3) is 5.91 Å². The molecule has 0 radical (unpaired) electrons. The van der Waals surface area contributed by atoms with Gasteiger partial charge in [0.1, 0.15) is 10.0 Å². The number of rotatable bonds is 5. The van der Waals surface area contributed by atoms with Crippen molar-refractivity contribution < 1.29 is 17.6 Å². The van der Waals surface area contributed by atoms with Crippen LogP contribution >= 0.6 is 22.9 Å². The number of nitrogens with zero attached hydrogens (tertiary/aromatic N) is 1. The molecular weight excluding hydrogens is 435 g/mol. The lowest BCUT2D eigenvalue weighted by molar-refractivity contribution is 0.0989. The maximum absolute atomic E-state index is 13.1. The van der Waals surface area contributed by atoms with Crippen LogP contribution in [-0.2, 0) is 23.0 Å². The molecule has 1 N–H and O–H groups in total. The Morgan fingerprint density at radius 3 is 2.59 bits per heavy atom. The summed E-state index contributed by atoms with van der Waals surface area (Å²) in [6.07, 6.45) is 0.670. The van der Waals surface area contributed by atoms with Gasteiger partial charge in [-0.05, 0) is 60.0 Å². The highest BCUT2D eigenvalue weighted by Gasteiger charge is 2.26. The van der Waals surface area contributed by atoms with Crippen LogP contribution in [0.15, 0.2) is 58.8 Å². The molecule has 0 fully saturated rings. The standard InChI is InChI=1S/C20H16ClFN2O3S2/c21-18-7-8-19(28-18)29(26,27)23-12-13-1-6-17-15(11-13)9-10-24(17)20(25)14-2-4-16(22)5-3-14/h1-8,11,23H,9-10,12H2. The van der Waals surface area contributed by atoms with Crippen LogP contribution in [0.1, 0.15) is 21.5 Å². The summed E-state index contributed by atoms with van der Waals surface area (Å²) in [5.74, 6) is -0.577. The van der Waals surface area contributed by atoms with Gasteiger partial charge in [0.05, 0.1) is 4.34 Å². The van der Waals surface area contributed by atoms with E-state index >= 15 is 0 Å². The van der Waals surface area contributed by atoms with E-state index in [4.69, 9.17) is 11.6 Å². The van der Waals surface area contributed by atoms with Crippen molar-refractivity contribution in [3.8, 4) is 0 Å². The maximum atomic E-state index is 13.1. The highest BCUT2D eigenvalue weighted by molar-refractivity contribution is 7.91. The molecule has 1 aliphatic heterocycles. The number of thiophene rings is 1. The Hall–Kier alpha value is -2.26. The van der Waals surface area contributed by atoms with Gasteiger partial charge >= 0.3 is 0 Å². The largest absolute Gasteiger partial charge is 0.308 e. The first-order chi connectivity index (χ1) is 13.8. The maximum Gasteiger partial charge on any atom is 0.258 e. The number of benzene rings is 2. The zero-order chi connectivity index (χ0) is 20.6. The molecule has 1 aliphatic rings. The SMILES string of the molecule is O=C(c1ccc(F)cc1)N1CCc2cc(CNS(=O)(=O)c3ccc(Cl)s3)ccc21. The number of anilines is 1. The van der Waals surface area contributed by atoms with Crippen molar-refractivity contribution in [2.24, 2.45) is 0 Å². The number of sulfonamides is 1. The van der Waals surface area contributed by atoms with Gasteiger partial charge < -0.3 is 4.90 Å². The van der Waals surface area contributed by atoms with E-state index in [0.717, 1.165) is 28.2 Å². The lowest BCUT2D eigenvalue weighted by atomic mass is 10.1. The molecule has 0 saturated heterocycles. The highest BCUT2D eigenvalue weighted by atomic mass is 35.5. The minimum atomic E-state index is -3.63. The Morgan fingerprint density at radius 1 is 1.14 bits per heavy atom. The first-order valence-electron chi connectivity index (χ1n) is 8.78. The third kappa shape index (κ3) is 4.20. The van der Waals surface area contributed by atoms with E-state index in [1.165, 1.54) is 30.3 Å². The number of halogens is 2. The monoisotopic (exact) mass is 450 g/mol. The Balaban J connectivity index is 1.48. The van der Waals surface area contributed by atoms with Gasteiger partial charge in [0.2, 0.25) is 10.0 Å². The molecule has 5 nitrogen and oxygen atoms in total. The van der Waals surface area contributed by atoms with E-state index < -0.39 is 10.0 Å². The van der Waals surface area contributed by atoms with Gasteiger partial charge in [-0.15, -0.1) is 11.3 Å². The predicted octanol–water partition coefficient (Wildman–Crippen LogP) is 4.22. The van der Waals surface area contributed by atoms with E-state index in [9.17, 15) is 17.6 Å². The van der Waals surface area contributed by atoms with Gasteiger partial charge in [-0.25, -0.2) is 17.5 Å². The Kier molecular flexibility index (Phi) is 5.44. The summed E-state index contributed by atoms with van der Waals surface area (Å²) in [6, 6.07) is 14.0. The van der Waals surface area contributed by atoms with E-state index in [1.54, 1.807) is 17.0 Å². The molecule has 0 saturated carbocycles. The molecule has 3 aromatic rings. The summed E-state index contributed by atoms with van der Waals surface area (Å²) < 4.78 is 40.9. The van der Waals surface area contributed by atoms with Gasteiger partial charge in [-0.2, -0.15) is 0 Å². The van der Waals surface area contributed by atoms with E-state index in [0.29, 0.717) is 22.9 Å². The zero-order valence-electron chi connectivity index (χ0n) is 15.1. The molecule has 4 rings (SSSR count). The number of hydrogen-bond donors (Lipinski definition) is 1. The van der Waals surface area contributed by atoms with E-state index in [-0.39, 0.29) is 22.5 Å². The number of fused-ring (bicyclic) bond motifs is 1. The van der Waals surface area contributed by atoms with Crippen LogP contribution in [0.25, 0.3) is 0 Å². The summed E-state index contributed by atoms with van der Waals surface area (Å²) in [4.78, 5) is 14.4. The van der Waals surface area contributed by atoms with Gasteiger partial charge in [-0.1, -0.05) is 23.7 Å².